The zero-order valence-corrected chi connectivity index (χ0v) is 20.8. The Morgan fingerprint density at radius 2 is 1.56 bits per heavy atom. The summed E-state index contributed by atoms with van der Waals surface area (Å²) in [6.45, 7) is 8.51. The van der Waals surface area contributed by atoms with Gasteiger partial charge in [-0.15, -0.1) is 0 Å². The Morgan fingerprint density at radius 1 is 0.882 bits per heavy atom. The first-order valence-electron chi connectivity index (χ1n) is 12.1. The molecule has 0 bridgehead atoms. The van der Waals surface area contributed by atoms with Crippen molar-refractivity contribution in [1.29, 1.82) is 0 Å². The van der Waals surface area contributed by atoms with Crippen molar-refractivity contribution in [2.24, 2.45) is 0 Å². The molecule has 0 saturated carbocycles. The second kappa shape index (κ2) is 12.2. The normalized spacial score (nSPS) is 12.6. The Bertz CT molecular complexity index is 1090. The lowest BCUT2D eigenvalue weighted by Gasteiger charge is -2.33. The van der Waals surface area contributed by atoms with Crippen LogP contribution in [0.5, 0.6) is 0 Å². The minimum Gasteiger partial charge on any atom is -0.352 e. The maximum absolute atomic E-state index is 13.8. The maximum atomic E-state index is 13.8. The zero-order chi connectivity index (χ0) is 24.5. The van der Waals surface area contributed by atoms with Gasteiger partial charge in [-0.05, 0) is 49.4 Å². The van der Waals surface area contributed by atoms with E-state index in [1.807, 2.05) is 107 Å². The molecule has 2 amide bonds. The Morgan fingerprint density at radius 3 is 2.24 bits per heavy atom. The van der Waals surface area contributed by atoms with Crippen LogP contribution in [0.3, 0.4) is 0 Å². The predicted octanol–water partition coefficient (Wildman–Crippen LogP) is 5.40. The molecule has 0 heterocycles. The fourth-order valence-corrected chi connectivity index (χ4v) is 4.06. The van der Waals surface area contributed by atoms with E-state index in [0.717, 1.165) is 34.2 Å². The van der Waals surface area contributed by atoms with Crippen LogP contribution in [0.2, 0.25) is 0 Å². The van der Waals surface area contributed by atoms with E-state index in [-0.39, 0.29) is 24.3 Å². The van der Waals surface area contributed by atoms with Crippen LogP contribution in [0.25, 0.3) is 0 Å². The lowest BCUT2D eigenvalue weighted by molar-refractivity contribution is -0.141. The highest BCUT2D eigenvalue weighted by atomic mass is 16.2. The van der Waals surface area contributed by atoms with Crippen molar-refractivity contribution in [3.05, 3.63) is 107 Å². The first kappa shape index (κ1) is 25.2. The van der Waals surface area contributed by atoms with Crippen LogP contribution in [0.1, 0.15) is 48.1 Å². The molecular formula is C30H36N2O2. The van der Waals surface area contributed by atoms with E-state index < -0.39 is 6.04 Å². The molecule has 4 nitrogen and oxygen atoms in total. The molecule has 0 aliphatic carbocycles. The van der Waals surface area contributed by atoms with Gasteiger partial charge in [-0.25, -0.2) is 0 Å². The van der Waals surface area contributed by atoms with Gasteiger partial charge in [0.05, 0.1) is 6.42 Å². The van der Waals surface area contributed by atoms with Gasteiger partial charge in [0.15, 0.2) is 0 Å². The summed E-state index contributed by atoms with van der Waals surface area (Å²) >= 11 is 0. The molecule has 178 valence electrons. The molecule has 3 rings (SSSR count). The average molecular weight is 457 g/mol. The molecule has 0 aliphatic rings. The topological polar surface area (TPSA) is 49.4 Å². The van der Waals surface area contributed by atoms with Gasteiger partial charge in [-0.2, -0.15) is 0 Å². The molecule has 0 aliphatic heterocycles. The number of hydrogen-bond acceptors (Lipinski definition) is 2. The van der Waals surface area contributed by atoms with Crippen LogP contribution < -0.4 is 5.32 Å². The predicted molar refractivity (Wildman–Crippen MR) is 138 cm³/mol. The van der Waals surface area contributed by atoms with Crippen molar-refractivity contribution < 1.29 is 9.59 Å². The summed E-state index contributed by atoms with van der Waals surface area (Å²) in [5.74, 6) is -0.154. The lowest BCUT2D eigenvalue weighted by Crippen LogP contribution is -2.52. The van der Waals surface area contributed by atoms with Gasteiger partial charge in [0.25, 0.3) is 0 Å². The summed E-state index contributed by atoms with van der Waals surface area (Å²) in [7, 11) is 0. The van der Waals surface area contributed by atoms with Gasteiger partial charge in [-0.1, -0.05) is 91.3 Å². The number of hydrogen-bond donors (Lipinski definition) is 1. The summed E-state index contributed by atoms with van der Waals surface area (Å²) in [6, 6.07) is 25.4. The molecule has 4 heteroatoms. The maximum Gasteiger partial charge on any atom is 0.243 e. The average Bonchev–Trinajstić information content (AvgIpc) is 2.82. The van der Waals surface area contributed by atoms with E-state index in [9.17, 15) is 9.59 Å². The number of aryl methyl sites for hydroxylation is 2. The van der Waals surface area contributed by atoms with E-state index in [0.29, 0.717) is 13.0 Å². The van der Waals surface area contributed by atoms with E-state index in [4.69, 9.17) is 0 Å². The Kier molecular flexibility index (Phi) is 9.03. The van der Waals surface area contributed by atoms with Crippen molar-refractivity contribution in [3.8, 4) is 0 Å². The van der Waals surface area contributed by atoms with Gasteiger partial charge in [0.1, 0.15) is 6.04 Å². The first-order chi connectivity index (χ1) is 16.4. The van der Waals surface area contributed by atoms with Gasteiger partial charge in [-0.3, -0.25) is 9.59 Å². The molecule has 0 spiro atoms. The molecule has 3 aromatic carbocycles. The van der Waals surface area contributed by atoms with Crippen LogP contribution >= 0.6 is 0 Å². The Labute approximate surface area is 204 Å². The number of carbonyl (C=O) groups excluding carboxylic acids is 2. The quantitative estimate of drug-likeness (QED) is 0.444. The number of nitrogens with zero attached hydrogens (tertiary/aromatic N) is 1. The highest BCUT2D eigenvalue weighted by Crippen LogP contribution is 2.19. The Balaban J connectivity index is 1.98. The highest BCUT2D eigenvalue weighted by molar-refractivity contribution is 5.89. The van der Waals surface area contributed by atoms with Crippen molar-refractivity contribution >= 4 is 11.8 Å². The fraction of sp³-hybridized carbons (Fsp3) is 0.333. The fourth-order valence-electron chi connectivity index (χ4n) is 4.06. The van der Waals surface area contributed by atoms with Crippen molar-refractivity contribution in [3.63, 3.8) is 0 Å². The van der Waals surface area contributed by atoms with Crippen LogP contribution in [-0.2, 0) is 29.0 Å². The smallest absolute Gasteiger partial charge is 0.243 e. The number of benzene rings is 3. The minimum atomic E-state index is -0.603. The molecule has 1 N–H and O–H groups in total. The van der Waals surface area contributed by atoms with Gasteiger partial charge >= 0.3 is 0 Å². The van der Waals surface area contributed by atoms with Gasteiger partial charge < -0.3 is 10.2 Å². The van der Waals surface area contributed by atoms with Crippen molar-refractivity contribution in [2.75, 3.05) is 0 Å². The minimum absolute atomic E-state index is 0.0398. The second-order valence-electron chi connectivity index (χ2n) is 9.14. The molecule has 2 atom stereocenters. The second-order valence-corrected chi connectivity index (χ2v) is 9.14. The van der Waals surface area contributed by atoms with E-state index in [1.54, 1.807) is 4.90 Å². The SMILES string of the molecule is CC[C@H](C)NC(=O)[C@@H](Cc1ccccc1)N(Cc1ccccc1C)C(=O)Cc1cccc(C)c1. The van der Waals surface area contributed by atoms with E-state index >= 15 is 0 Å². The third-order valence-electron chi connectivity index (χ3n) is 6.31. The highest BCUT2D eigenvalue weighted by Gasteiger charge is 2.31. The summed E-state index contributed by atoms with van der Waals surface area (Å²) in [5.41, 5.74) is 5.27. The molecular weight excluding hydrogens is 420 g/mol. The van der Waals surface area contributed by atoms with Crippen LogP contribution in [-0.4, -0.2) is 28.8 Å². The lowest BCUT2D eigenvalue weighted by atomic mass is 10.00. The van der Waals surface area contributed by atoms with Crippen molar-refractivity contribution in [1.82, 2.24) is 10.2 Å². The summed E-state index contributed by atoms with van der Waals surface area (Å²) in [4.78, 5) is 29.1. The monoisotopic (exact) mass is 456 g/mol. The third kappa shape index (κ3) is 7.05. The number of nitrogens with one attached hydrogen (secondary N) is 1. The standard InChI is InChI=1S/C30H36N2O2/c1-5-24(4)31-30(34)28(19-25-14-7-6-8-15-25)32(21-27-17-10-9-13-23(27)3)29(33)20-26-16-11-12-22(2)18-26/h6-18,24,28H,5,19-21H2,1-4H3,(H,31,34)/t24-,28+/m0/s1. The molecule has 0 radical (unpaired) electrons. The van der Waals surface area contributed by atoms with Crippen LogP contribution in [0.4, 0.5) is 0 Å². The molecule has 0 saturated heterocycles. The summed E-state index contributed by atoms with van der Waals surface area (Å²) in [6.07, 6.45) is 1.56. The molecule has 3 aromatic rings. The molecule has 0 unspecified atom stereocenters. The zero-order valence-electron chi connectivity index (χ0n) is 20.8. The largest absolute Gasteiger partial charge is 0.352 e. The van der Waals surface area contributed by atoms with E-state index in [2.05, 4.69) is 5.32 Å². The van der Waals surface area contributed by atoms with Crippen LogP contribution in [0, 0.1) is 13.8 Å². The Hall–Kier alpha value is -3.40. The van der Waals surface area contributed by atoms with Gasteiger partial charge in [0, 0.05) is 19.0 Å². The summed E-state index contributed by atoms with van der Waals surface area (Å²) < 4.78 is 0. The molecule has 34 heavy (non-hydrogen) atoms. The van der Waals surface area contributed by atoms with E-state index in [1.165, 1.54) is 0 Å². The number of rotatable bonds is 10. The third-order valence-corrected chi connectivity index (χ3v) is 6.31. The number of carbonyl (C=O) groups is 2. The first-order valence-corrected chi connectivity index (χ1v) is 12.1. The number of amides is 2. The molecule has 0 aromatic heterocycles. The molecule has 0 fully saturated rings. The van der Waals surface area contributed by atoms with Crippen molar-refractivity contribution in [2.45, 2.75) is 65.6 Å². The van der Waals surface area contributed by atoms with Gasteiger partial charge in [0.2, 0.25) is 11.8 Å². The van der Waals surface area contributed by atoms with Crippen LogP contribution in [0.15, 0.2) is 78.9 Å². The summed E-state index contributed by atoms with van der Waals surface area (Å²) in [5, 5.41) is 3.13.